The molecular weight excluding hydrogens is 350 g/mol. The van der Waals surface area contributed by atoms with Gasteiger partial charge in [0, 0.05) is 31.1 Å². The van der Waals surface area contributed by atoms with E-state index in [9.17, 15) is 9.90 Å². The van der Waals surface area contributed by atoms with Crippen molar-refractivity contribution in [3.8, 4) is 11.3 Å². The maximum atomic E-state index is 12.3. The zero-order valence-electron chi connectivity index (χ0n) is 16.0. The first-order valence-electron chi connectivity index (χ1n) is 9.70. The van der Waals surface area contributed by atoms with Crippen molar-refractivity contribution < 1.29 is 9.90 Å². The number of rotatable bonds is 2. The van der Waals surface area contributed by atoms with Crippen LogP contribution in [0.4, 0.5) is 0 Å². The Hall–Kier alpha value is -2.92. The van der Waals surface area contributed by atoms with Crippen molar-refractivity contribution >= 4 is 5.91 Å². The molecule has 5 nitrogen and oxygen atoms in total. The van der Waals surface area contributed by atoms with Crippen molar-refractivity contribution in [1.29, 1.82) is 0 Å². The van der Waals surface area contributed by atoms with Gasteiger partial charge >= 0.3 is 0 Å². The summed E-state index contributed by atoms with van der Waals surface area (Å²) in [5.74, 6) is 0.0618. The largest absolute Gasteiger partial charge is 0.388 e. The van der Waals surface area contributed by atoms with Crippen LogP contribution >= 0.6 is 0 Å². The van der Waals surface area contributed by atoms with Gasteiger partial charge < -0.3 is 14.6 Å². The van der Waals surface area contributed by atoms with E-state index in [4.69, 9.17) is 0 Å². The number of aliphatic hydroxyl groups is 1. The summed E-state index contributed by atoms with van der Waals surface area (Å²) in [5, 5.41) is 11.3. The van der Waals surface area contributed by atoms with E-state index in [0.29, 0.717) is 5.56 Å². The number of imidazole rings is 1. The summed E-state index contributed by atoms with van der Waals surface area (Å²) in [5.41, 5.74) is 6.27. The van der Waals surface area contributed by atoms with Crippen molar-refractivity contribution in [3.63, 3.8) is 0 Å². The Morgan fingerprint density at radius 3 is 2.82 bits per heavy atom. The summed E-state index contributed by atoms with van der Waals surface area (Å²) in [6, 6.07) is 14.2. The van der Waals surface area contributed by atoms with E-state index in [1.165, 1.54) is 11.1 Å². The Balaban J connectivity index is 1.53. The summed E-state index contributed by atoms with van der Waals surface area (Å²) in [6.07, 6.45) is 4.93. The summed E-state index contributed by atoms with van der Waals surface area (Å²) >= 11 is 0. The van der Waals surface area contributed by atoms with E-state index < -0.39 is 6.10 Å². The molecule has 0 saturated heterocycles. The first-order chi connectivity index (χ1) is 13.6. The molecule has 2 aromatic carbocycles. The van der Waals surface area contributed by atoms with Crippen LogP contribution < -0.4 is 0 Å². The third kappa shape index (κ3) is 2.43. The van der Waals surface area contributed by atoms with E-state index in [2.05, 4.69) is 33.8 Å². The average Bonchev–Trinajstić information content (AvgIpc) is 3.29. The third-order valence-corrected chi connectivity index (χ3v) is 6.19. The second-order valence-corrected chi connectivity index (χ2v) is 7.98. The molecule has 1 aliphatic carbocycles. The predicted octanol–water partition coefficient (Wildman–Crippen LogP) is 3.45. The topological polar surface area (TPSA) is 58.4 Å². The minimum absolute atomic E-state index is 0.00723. The van der Waals surface area contributed by atoms with E-state index in [1.54, 1.807) is 19.0 Å². The molecule has 1 aliphatic heterocycles. The molecule has 1 amide bonds. The zero-order chi connectivity index (χ0) is 19.4. The molecule has 3 unspecified atom stereocenters. The minimum Gasteiger partial charge on any atom is -0.388 e. The fraction of sp³-hybridized carbons (Fsp3) is 0.304. The Morgan fingerprint density at radius 2 is 2.00 bits per heavy atom. The highest BCUT2D eigenvalue weighted by atomic mass is 16.3. The lowest BCUT2D eigenvalue weighted by molar-refractivity contribution is 0.0717. The van der Waals surface area contributed by atoms with Gasteiger partial charge in [0.15, 0.2) is 0 Å². The summed E-state index contributed by atoms with van der Waals surface area (Å²) in [6.45, 7) is 0. The molecule has 1 aromatic heterocycles. The molecule has 1 N–H and O–H groups in total. The number of hydrogen-bond donors (Lipinski definition) is 1. The second-order valence-electron chi connectivity index (χ2n) is 7.98. The molecule has 5 rings (SSSR count). The number of hydrogen-bond acceptors (Lipinski definition) is 3. The van der Waals surface area contributed by atoms with Crippen molar-refractivity contribution in [2.75, 3.05) is 14.1 Å². The Labute approximate surface area is 164 Å². The summed E-state index contributed by atoms with van der Waals surface area (Å²) in [4.78, 5) is 18.2. The van der Waals surface area contributed by atoms with Gasteiger partial charge in [0.2, 0.25) is 0 Å². The first kappa shape index (κ1) is 17.2. The van der Waals surface area contributed by atoms with Crippen molar-refractivity contribution in [3.05, 3.63) is 77.2 Å². The van der Waals surface area contributed by atoms with Crippen LogP contribution in [-0.2, 0) is 6.42 Å². The lowest BCUT2D eigenvalue weighted by atomic mass is 9.75. The quantitative estimate of drug-likeness (QED) is 0.748. The number of nitrogens with zero attached hydrogens (tertiary/aromatic N) is 3. The number of aromatic nitrogens is 2. The van der Waals surface area contributed by atoms with Crippen LogP contribution in [0.15, 0.2) is 55.0 Å². The fourth-order valence-corrected chi connectivity index (χ4v) is 4.85. The van der Waals surface area contributed by atoms with Gasteiger partial charge in [-0.15, -0.1) is 0 Å². The highest BCUT2D eigenvalue weighted by molar-refractivity contribution is 5.94. The van der Waals surface area contributed by atoms with E-state index >= 15 is 0 Å². The molecule has 0 bridgehead atoms. The summed E-state index contributed by atoms with van der Waals surface area (Å²) < 4.78 is 2.20. The number of benzene rings is 2. The van der Waals surface area contributed by atoms with Gasteiger partial charge in [-0.1, -0.05) is 30.3 Å². The van der Waals surface area contributed by atoms with Crippen LogP contribution in [0.5, 0.6) is 0 Å². The molecule has 0 spiro atoms. The fourth-order valence-electron chi connectivity index (χ4n) is 4.85. The predicted molar refractivity (Wildman–Crippen MR) is 107 cm³/mol. The van der Waals surface area contributed by atoms with Gasteiger partial charge in [-0.25, -0.2) is 4.98 Å². The van der Waals surface area contributed by atoms with Gasteiger partial charge in [0.05, 0.1) is 30.4 Å². The number of amides is 1. The molecule has 3 atom stereocenters. The second kappa shape index (κ2) is 6.31. The monoisotopic (exact) mass is 373 g/mol. The van der Waals surface area contributed by atoms with Crippen LogP contribution in [0.2, 0.25) is 0 Å². The molecule has 0 fully saturated rings. The number of carbonyl (C=O) groups excluding carboxylic acids is 1. The van der Waals surface area contributed by atoms with Crippen molar-refractivity contribution in [2.45, 2.75) is 25.0 Å². The minimum atomic E-state index is -0.571. The Bertz CT molecular complexity index is 1070. The van der Waals surface area contributed by atoms with Gasteiger partial charge in [-0.2, -0.15) is 0 Å². The van der Waals surface area contributed by atoms with E-state index in [1.807, 2.05) is 30.7 Å². The maximum absolute atomic E-state index is 12.3. The molecule has 3 aromatic rings. The smallest absolute Gasteiger partial charge is 0.253 e. The van der Waals surface area contributed by atoms with Gasteiger partial charge in [-0.3, -0.25) is 4.79 Å². The molecule has 2 heterocycles. The highest BCUT2D eigenvalue weighted by Gasteiger charge is 2.40. The molecule has 28 heavy (non-hydrogen) atoms. The number of aliphatic hydroxyl groups excluding tert-OH is 1. The molecule has 0 saturated carbocycles. The SMILES string of the molecule is CN(C)C(=O)c1ccc2c(c1)CCC(C1c3ccccc3-c3cncn31)C2O. The lowest BCUT2D eigenvalue weighted by Crippen LogP contribution is -2.29. The van der Waals surface area contributed by atoms with Gasteiger partial charge in [-0.05, 0) is 41.7 Å². The highest BCUT2D eigenvalue weighted by Crippen LogP contribution is 2.49. The average molecular weight is 373 g/mol. The molecule has 0 radical (unpaired) electrons. The number of fused-ring (bicyclic) bond motifs is 4. The van der Waals surface area contributed by atoms with Crippen LogP contribution in [0.25, 0.3) is 11.3 Å². The molecule has 2 aliphatic rings. The zero-order valence-corrected chi connectivity index (χ0v) is 16.0. The first-order valence-corrected chi connectivity index (χ1v) is 9.70. The van der Waals surface area contributed by atoms with E-state index in [-0.39, 0.29) is 17.9 Å². The molecular formula is C23H23N3O2. The lowest BCUT2D eigenvalue weighted by Gasteiger charge is -2.35. The van der Waals surface area contributed by atoms with Crippen LogP contribution in [0, 0.1) is 5.92 Å². The Kier molecular flexibility index (Phi) is 3.88. The standard InChI is InChI=1S/C23H23N3O2/c1-25(2)23(28)15-8-9-16-14(11-15)7-10-19(22(16)27)21-18-6-4-3-5-17(18)20-12-24-13-26(20)21/h3-6,8-9,11-13,19,21-22,27H,7,10H2,1-2H3. The number of aryl methyl sites for hydroxylation is 1. The molecule has 142 valence electrons. The maximum Gasteiger partial charge on any atom is 0.253 e. The van der Waals surface area contributed by atoms with Crippen LogP contribution in [0.1, 0.15) is 45.6 Å². The van der Waals surface area contributed by atoms with Crippen molar-refractivity contribution in [2.24, 2.45) is 5.92 Å². The van der Waals surface area contributed by atoms with Crippen LogP contribution in [0.3, 0.4) is 0 Å². The summed E-state index contributed by atoms with van der Waals surface area (Å²) in [7, 11) is 3.51. The number of carbonyl (C=O) groups is 1. The van der Waals surface area contributed by atoms with Crippen molar-refractivity contribution in [1.82, 2.24) is 14.5 Å². The van der Waals surface area contributed by atoms with Crippen LogP contribution in [-0.4, -0.2) is 39.6 Å². The van der Waals surface area contributed by atoms with Gasteiger partial charge in [0.1, 0.15) is 0 Å². The molecule has 5 heteroatoms. The van der Waals surface area contributed by atoms with E-state index in [0.717, 1.165) is 29.7 Å². The Morgan fingerprint density at radius 1 is 1.18 bits per heavy atom. The normalized spacial score (nSPS) is 22.3. The third-order valence-electron chi connectivity index (χ3n) is 6.19. The van der Waals surface area contributed by atoms with Gasteiger partial charge in [0.25, 0.3) is 5.91 Å².